The first kappa shape index (κ1) is 17.6. The molecule has 1 aliphatic rings. The Morgan fingerprint density at radius 1 is 1.13 bits per heavy atom. The molecule has 5 nitrogen and oxygen atoms in total. The van der Waals surface area contributed by atoms with Gasteiger partial charge in [0.15, 0.2) is 11.5 Å². The fraction of sp³-hybridized carbons (Fsp3) is 0.611. The van der Waals surface area contributed by atoms with Crippen LogP contribution in [0.15, 0.2) is 18.2 Å². The highest BCUT2D eigenvalue weighted by Gasteiger charge is 2.15. The normalized spacial score (nSPS) is 15.2. The molecule has 5 heteroatoms. The van der Waals surface area contributed by atoms with Gasteiger partial charge in [0.2, 0.25) is 5.91 Å². The van der Waals surface area contributed by atoms with Crippen LogP contribution in [-0.4, -0.2) is 32.7 Å². The van der Waals surface area contributed by atoms with Crippen molar-refractivity contribution in [3.8, 4) is 11.5 Å². The molecular weight excluding hydrogens is 292 g/mol. The molecule has 0 atom stereocenters. The van der Waals surface area contributed by atoms with Gasteiger partial charge in [-0.05, 0) is 30.5 Å². The maximum atomic E-state index is 11.9. The summed E-state index contributed by atoms with van der Waals surface area (Å²) in [5.74, 6) is 1.60. The Morgan fingerprint density at radius 3 is 2.57 bits per heavy atom. The molecule has 1 aromatic rings. The summed E-state index contributed by atoms with van der Waals surface area (Å²) in [5.41, 5.74) is 1.11. The largest absolute Gasteiger partial charge is 0.493 e. The first-order valence-corrected chi connectivity index (χ1v) is 8.44. The number of hydrogen-bond acceptors (Lipinski definition) is 4. The second-order valence-corrected chi connectivity index (χ2v) is 6.02. The van der Waals surface area contributed by atoms with Gasteiger partial charge in [0.25, 0.3) is 0 Å². The van der Waals surface area contributed by atoms with Gasteiger partial charge in [0, 0.05) is 25.6 Å². The number of benzene rings is 1. The lowest BCUT2D eigenvalue weighted by atomic mass is 9.95. The summed E-state index contributed by atoms with van der Waals surface area (Å²) in [6.45, 7) is 1.38. The zero-order valence-electron chi connectivity index (χ0n) is 14.2. The quantitative estimate of drug-likeness (QED) is 0.723. The minimum atomic E-state index is 0.150. The Labute approximate surface area is 138 Å². The molecule has 0 saturated heterocycles. The first-order chi connectivity index (χ1) is 11.2. The van der Waals surface area contributed by atoms with Crippen molar-refractivity contribution in [3.63, 3.8) is 0 Å². The smallest absolute Gasteiger partial charge is 0.221 e. The molecule has 1 amide bonds. The second-order valence-electron chi connectivity index (χ2n) is 6.02. The van der Waals surface area contributed by atoms with Crippen molar-refractivity contribution in [1.29, 1.82) is 0 Å². The average molecular weight is 320 g/mol. The Balaban J connectivity index is 1.67. The predicted molar refractivity (Wildman–Crippen MR) is 90.9 cm³/mol. The number of carbonyl (C=O) groups is 1. The maximum Gasteiger partial charge on any atom is 0.221 e. The molecule has 0 bridgehead atoms. The number of hydrogen-bond donors (Lipinski definition) is 2. The Hall–Kier alpha value is -1.75. The highest BCUT2D eigenvalue weighted by molar-refractivity contribution is 5.76. The van der Waals surface area contributed by atoms with Gasteiger partial charge in [-0.3, -0.25) is 4.79 Å². The van der Waals surface area contributed by atoms with E-state index in [9.17, 15) is 4.79 Å². The van der Waals surface area contributed by atoms with E-state index in [0.29, 0.717) is 25.6 Å². The van der Waals surface area contributed by atoms with E-state index in [0.717, 1.165) is 29.9 Å². The van der Waals surface area contributed by atoms with Crippen LogP contribution in [0, 0.1) is 0 Å². The van der Waals surface area contributed by atoms with Crippen molar-refractivity contribution in [2.45, 2.75) is 51.1 Å². The van der Waals surface area contributed by atoms with Crippen LogP contribution in [0.3, 0.4) is 0 Å². The molecule has 1 fully saturated rings. The van der Waals surface area contributed by atoms with Crippen LogP contribution in [0.5, 0.6) is 11.5 Å². The molecule has 0 radical (unpaired) electrons. The Morgan fingerprint density at radius 2 is 1.87 bits per heavy atom. The van der Waals surface area contributed by atoms with Gasteiger partial charge in [0.05, 0.1) is 14.2 Å². The highest BCUT2D eigenvalue weighted by Crippen LogP contribution is 2.27. The van der Waals surface area contributed by atoms with Gasteiger partial charge >= 0.3 is 0 Å². The van der Waals surface area contributed by atoms with Crippen molar-refractivity contribution >= 4 is 5.91 Å². The second kappa shape index (κ2) is 9.40. The first-order valence-electron chi connectivity index (χ1n) is 8.44. The van der Waals surface area contributed by atoms with Crippen molar-refractivity contribution in [2.75, 3.05) is 20.8 Å². The SMILES string of the molecule is COc1ccc(CNCCC(=O)NC2CCCCC2)cc1OC. The van der Waals surface area contributed by atoms with E-state index in [2.05, 4.69) is 10.6 Å². The number of ether oxygens (including phenoxy) is 2. The van der Waals surface area contributed by atoms with Crippen LogP contribution in [-0.2, 0) is 11.3 Å². The van der Waals surface area contributed by atoms with E-state index in [1.165, 1.54) is 19.3 Å². The number of amides is 1. The van der Waals surface area contributed by atoms with E-state index in [1.54, 1.807) is 14.2 Å². The monoisotopic (exact) mass is 320 g/mol. The van der Waals surface area contributed by atoms with Crippen LogP contribution in [0.4, 0.5) is 0 Å². The van der Waals surface area contributed by atoms with E-state index < -0.39 is 0 Å². The van der Waals surface area contributed by atoms with Gasteiger partial charge in [-0.15, -0.1) is 0 Å². The van der Waals surface area contributed by atoms with Gasteiger partial charge in [-0.1, -0.05) is 25.3 Å². The van der Waals surface area contributed by atoms with E-state index >= 15 is 0 Å². The molecule has 1 aromatic carbocycles. The van der Waals surface area contributed by atoms with Crippen LogP contribution < -0.4 is 20.1 Å². The summed E-state index contributed by atoms with van der Waals surface area (Å²) in [4.78, 5) is 11.9. The van der Waals surface area contributed by atoms with E-state index in [-0.39, 0.29) is 5.91 Å². The number of nitrogens with one attached hydrogen (secondary N) is 2. The highest BCUT2D eigenvalue weighted by atomic mass is 16.5. The van der Waals surface area contributed by atoms with Crippen LogP contribution in [0.2, 0.25) is 0 Å². The zero-order chi connectivity index (χ0) is 16.5. The molecule has 2 rings (SSSR count). The van der Waals surface area contributed by atoms with E-state index in [4.69, 9.17) is 9.47 Å². The van der Waals surface area contributed by atoms with Crippen molar-refractivity contribution < 1.29 is 14.3 Å². The number of rotatable bonds is 8. The van der Waals surface area contributed by atoms with E-state index in [1.807, 2.05) is 18.2 Å². The molecule has 128 valence electrons. The lowest BCUT2D eigenvalue weighted by Gasteiger charge is -2.22. The zero-order valence-corrected chi connectivity index (χ0v) is 14.2. The maximum absolute atomic E-state index is 11.9. The Kier molecular flexibility index (Phi) is 7.20. The van der Waals surface area contributed by atoms with Crippen molar-refractivity contribution in [2.24, 2.45) is 0 Å². The topological polar surface area (TPSA) is 59.6 Å². The fourth-order valence-corrected chi connectivity index (χ4v) is 2.97. The molecule has 0 aromatic heterocycles. The molecule has 0 spiro atoms. The van der Waals surface area contributed by atoms with Gasteiger partial charge in [-0.25, -0.2) is 0 Å². The predicted octanol–water partition coefficient (Wildman–Crippen LogP) is 2.63. The molecule has 0 aliphatic heterocycles. The molecule has 0 heterocycles. The molecular formula is C18H28N2O3. The van der Waals surface area contributed by atoms with Crippen LogP contribution in [0.1, 0.15) is 44.1 Å². The fourth-order valence-electron chi connectivity index (χ4n) is 2.97. The summed E-state index contributed by atoms with van der Waals surface area (Å²) in [6.07, 6.45) is 6.56. The molecule has 1 aliphatic carbocycles. The third kappa shape index (κ3) is 5.75. The Bertz CT molecular complexity index is 499. The molecule has 0 unspecified atom stereocenters. The van der Waals surface area contributed by atoms with Crippen LogP contribution >= 0.6 is 0 Å². The molecule has 23 heavy (non-hydrogen) atoms. The van der Waals surface area contributed by atoms with Gasteiger partial charge in [-0.2, -0.15) is 0 Å². The molecule has 2 N–H and O–H groups in total. The summed E-state index contributed by atoms with van der Waals surface area (Å²) < 4.78 is 10.5. The average Bonchev–Trinajstić information content (AvgIpc) is 2.59. The summed E-state index contributed by atoms with van der Waals surface area (Å²) in [6, 6.07) is 6.23. The number of carbonyl (C=O) groups excluding carboxylic acids is 1. The molecule has 1 saturated carbocycles. The minimum Gasteiger partial charge on any atom is -0.493 e. The third-order valence-electron chi connectivity index (χ3n) is 4.28. The summed E-state index contributed by atoms with van der Waals surface area (Å²) >= 11 is 0. The minimum absolute atomic E-state index is 0.150. The lowest BCUT2D eigenvalue weighted by molar-refractivity contribution is -0.121. The van der Waals surface area contributed by atoms with Gasteiger partial charge in [0.1, 0.15) is 0 Å². The van der Waals surface area contributed by atoms with Crippen molar-refractivity contribution in [3.05, 3.63) is 23.8 Å². The van der Waals surface area contributed by atoms with Crippen molar-refractivity contribution in [1.82, 2.24) is 10.6 Å². The number of methoxy groups -OCH3 is 2. The van der Waals surface area contributed by atoms with Gasteiger partial charge < -0.3 is 20.1 Å². The third-order valence-corrected chi connectivity index (χ3v) is 4.28. The standard InChI is InChI=1S/C18H28N2O3/c1-22-16-9-8-14(12-17(16)23-2)13-19-11-10-18(21)20-15-6-4-3-5-7-15/h8-9,12,15,19H,3-7,10-11,13H2,1-2H3,(H,20,21). The van der Waals surface area contributed by atoms with Crippen LogP contribution in [0.25, 0.3) is 0 Å². The summed E-state index contributed by atoms with van der Waals surface area (Å²) in [5, 5.41) is 6.44. The summed E-state index contributed by atoms with van der Waals surface area (Å²) in [7, 11) is 3.26. The lowest BCUT2D eigenvalue weighted by Crippen LogP contribution is -2.37.